The third kappa shape index (κ3) is 2.71. The quantitative estimate of drug-likeness (QED) is 0.666. The summed E-state index contributed by atoms with van der Waals surface area (Å²) < 4.78 is 29.8. The van der Waals surface area contributed by atoms with Crippen molar-refractivity contribution in [2.75, 3.05) is 0 Å². The van der Waals surface area contributed by atoms with Crippen LogP contribution in [0.1, 0.15) is 16.6 Å². The first-order valence-corrected chi connectivity index (χ1v) is 8.33. The van der Waals surface area contributed by atoms with E-state index in [0.29, 0.717) is 25.3 Å². The molecule has 0 aliphatic carbocycles. The molecular formula is C14H9ClF2N2OS2. The van der Waals surface area contributed by atoms with E-state index in [1.807, 2.05) is 0 Å². The number of thiophene rings is 1. The lowest BCUT2D eigenvalue weighted by Crippen LogP contribution is -2.16. The molecule has 3 rings (SSSR count). The minimum atomic E-state index is -0.666. The third-order valence-electron chi connectivity index (χ3n) is 2.99. The molecule has 0 radical (unpaired) electrons. The number of halogens is 3. The van der Waals surface area contributed by atoms with Gasteiger partial charge in [-0.2, -0.15) is 4.99 Å². The van der Waals surface area contributed by atoms with Crippen LogP contribution in [-0.4, -0.2) is 10.5 Å². The van der Waals surface area contributed by atoms with Crippen LogP contribution in [0.3, 0.4) is 0 Å². The molecule has 0 bridgehead atoms. The molecular weight excluding hydrogens is 350 g/mol. The van der Waals surface area contributed by atoms with Crippen LogP contribution in [0.15, 0.2) is 29.3 Å². The number of carbonyl (C=O) groups excluding carboxylic acids is 1. The number of aromatic nitrogens is 1. The van der Waals surface area contributed by atoms with Crippen molar-refractivity contribution in [1.29, 1.82) is 0 Å². The largest absolute Gasteiger partial charge is 0.314 e. The number of hydrogen-bond acceptors (Lipinski definition) is 3. The molecule has 0 N–H and O–H groups in total. The average Bonchev–Trinajstić information content (AvgIpc) is 3.02. The molecule has 1 aromatic carbocycles. The maximum Gasteiger partial charge on any atom is 0.289 e. The van der Waals surface area contributed by atoms with E-state index in [0.717, 1.165) is 28.7 Å². The molecule has 0 aliphatic heterocycles. The molecule has 0 aliphatic rings. The lowest BCUT2D eigenvalue weighted by Gasteiger charge is -2.01. The summed E-state index contributed by atoms with van der Waals surface area (Å²) in [5, 5.41) is 0. The number of nitrogens with zero attached hydrogens (tertiary/aromatic N) is 2. The second-order valence-electron chi connectivity index (χ2n) is 4.38. The molecule has 114 valence electrons. The van der Waals surface area contributed by atoms with Crippen LogP contribution in [0, 0.1) is 11.6 Å². The minimum absolute atomic E-state index is 0.254. The maximum absolute atomic E-state index is 14.0. The molecule has 1 amide bonds. The summed E-state index contributed by atoms with van der Waals surface area (Å²) in [6.45, 7) is 2.22. The monoisotopic (exact) mass is 358 g/mol. The van der Waals surface area contributed by atoms with Crippen LogP contribution in [0.4, 0.5) is 8.78 Å². The summed E-state index contributed by atoms with van der Waals surface area (Å²) in [5.74, 6) is -1.77. The molecule has 0 saturated heterocycles. The fourth-order valence-electron chi connectivity index (χ4n) is 2.08. The van der Waals surface area contributed by atoms with Crippen molar-refractivity contribution in [3.8, 4) is 0 Å². The van der Waals surface area contributed by atoms with Crippen LogP contribution in [0.25, 0.3) is 10.2 Å². The van der Waals surface area contributed by atoms with Crippen molar-refractivity contribution in [1.82, 2.24) is 4.57 Å². The van der Waals surface area contributed by atoms with Gasteiger partial charge in [0.05, 0.1) is 19.4 Å². The fraction of sp³-hybridized carbons (Fsp3) is 0.143. The highest BCUT2D eigenvalue weighted by atomic mass is 35.5. The van der Waals surface area contributed by atoms with E-state index in [2.05, 4.69) is 4.99 Å². The Balaban J connectivity index is 2.20. The Morgan fingerprint density at radius 1 is 1.32 bits per heavy atom. The first-order chi connectivity index (χ1) is 10.5. The Labute approximate surface area is 137 Å². The molecule has 0 atom stereocenters. The molecule has 2 aromatic heterocycles. The van der Waals surface area contributed by atoms with Gasteiger partial charge in [-0.15, -0.1) is 11.3 Å². The van der Waals surface area contributed by atoms with Crippen LogP contribution in [0.2, 0.25) is 4.34 Å². The normalized spacial score (nSPS) is 12.3. The topological polar surface area (TPSA) is 34.4 Å². The summed E-state index contributed by atoms with van der Waals surface area (Å²) >= 11 is 8.00. The van der Waals surface area contributed by atoms with E-state index in [9.17, 15) is 13.6 Å². The van der Waals surface area contributed by atoms with Gasteiger partial charge >= 0.3 is 0 Å². The molecule has 0 unspecified atom stereocenters. The zero-order chi connectivity index (χ0) is 15.9. The third-order valence-corrected chi connectivity index (χ3v) is 5.24. The highest BCUT2D eigenvalue weighted by Gasteiger charge is 2.14. The Hall–Kier alpha value is -1.57. The van der Waals surface area contributed by atoms with E-state index in [1.54, 1.807) is 23.6 Å². The number of fused-ring (bicyclic) bond motifs is 1. The van der Waals surface area contributed by atoms with Crippen molar-refractivity contribution < 1.29 is 13.6 Å². The van der Waals surface area contributed by atoms with Gasteiger partial charge in [-0.25, -0.2) is 8.78 Å². The van der Waals surface area contributed by atoms with Gasteiger partial charge in [-0.3, -0.25) is 4.79 Å². The van der Waals surface area contributed by atoms with Gasteiger partial charge in [0, 0.05) is 12.6 Å². The second-order valence-corrected chi connectivity index (χ2v) is 7.11. The van der Waals surface area contributed by atoms with Gasteiger partial charge in [-0.05, 0) is 25.1 Å². The first kappa shape index (κ1) is 15.3. The van der Waals surface area contributed by atoms with Crippen LogP contribution in [0.5, 0.6) is 0 Å². The summed E-state index contributed by atoms with van der Waals surface area (Å²) in [6.07, 6.45) is 0. The molecule has 22 heavy (non-hydrogen) atoms. The van der Waals surface area contributed by atoms with E-state index >= 15 is 0 Å². The summed E-state index contributed by atoms with van der Waals surface area (Å²) in [7, 11) is 0. The van der Waals surface area contributed by atoms with Crippen molar-refractivity contribution in [2.24, 2.45) is 4.99 Å². The smallest absolute Gasteiger partial charge is 0.289 e. The van der Waals surface area contributed by atoms with Crippen LogP contribution in [-0.2, 0) is 6.54 Å². The average molecular weight is 359 g/mol. The highest BCUT2D eigenvalue weighted by Crippen LogP contribution is 2.24. The van der Waals surface area contributed by atoms with Gasteiger partial charge in [0.25, 0.3) is 5.91 Å². The van der Waals surface area contributed by atoms with Gasteiger partial charge < -0.3 is 4.57 Å². The standard InChI is InChI=1S/C14H9ClF2N2OS2/c1-2-19-12-8(17)5-7(16)6-10(12)22-14(19)18-13(20)9-3-4-11(15)21-9/h3-6H,2H2,1H3. The highest BCUT2D eigenvalue weighted by molar-refractivity contribution is 7.18. The number of hydrogen-bond donors (Lipinski definition) is 0. The van der Waals surface area contributed by atoms with E-state index in [4.69, 9.17) is 11.6 Å². The Morgan fingerprint density at radius 2 is 2.09 bits per heavy atom. The van der Waals surface area contributed by atoms with Crippen LogP contribution >= 0.6 is 34.3 Å². The Morgan fingerprint density at radius 3 is 2.73 bits per heavy atom. The minimum Gasteiger partial charge on any atom is -0.314 e. The zero-order valence-electron chi connectivity index (χ0n) is 11.3. The van der Waals surface area contributed by atoms with E-state index in [-0.39, 0.29) is 5.52 Å². The van der Waals surface area contributed by atoms with Gasteiger partial charge in [0.1, 0.15) is 5.82 Å². The fourth-order valence-corrected chi connectivity index (χ4v) is 4.14. The SMILES string of the molecule is CCn1c(=NC(=O)c2ccc(Cl)s2)sc2cc(F)cc(F)c21. The van der Waals surface area contributed by atoms with E-state index in [1.165, 1.54) is 6.07 Å². The number of carbonyl (C=O) groups is 1. The molecule has 3 nitrogen and oxygen atoms in total. The van der Waals surface area contributed by atoms with Crippen molar-refractivity contribution in [3.63, 3.8) is 0 Å². The summed E-state index contributed by atoms with van der Waals surface area (Å²) in [5.41, 5.74) is 0.254. The Bertz CT molecular complexity index is 942. The lowest BCUT2D eigenvalue weighted by molar-refractivity contribution is 0.100. The zero-order valence-corrected chi connectivity index (χ0v) is 13.7. The van der Waals surface area contributed by atoms with Crippen LogP contribution < -0.4 is 4.80 Å². The number of rotatable bonds is 2. The van der Waals surface area contributed by atoms with Gasteiger partial charge in [-0.1, -0.05) is 22.9 Å². The van der Waals surface area contributed by atoms with Crippen molar-refractivity contribution >= 4 is 50.4 Å². The molecule has 0 fully saturated rings. The van der Waals surface area contributed by atoms with Crippen molar-refractivity contribution in [3.05, 3.63) is 49.9 Å². The second kappa shape index (κ2) is 5.91. The number of benzene rings is 1. The summed E-state index contributed by atoms with van der Waals surface area (Å²) in [4.78, 5) is 16.9. The molecule has 0 saturated carbocycles. The molecule has 2 heterocycles. The lowest BCUT2D eigenvalue weighted by atomic mass is 10.3. The molecule has 3 aromatic rings. The molecule has 8 heteroatoms. The number of thiazole rings is 1. The Kier molecular flexibility index (Phi) is 4.12. The number of aryl methyl sites for hydroxylation is 1. The van der Waals surface area contributed by atoms with Gasteiger partial charge in [0.15, 0.2) is 10.6 Å². The van der Waals surface area contributed by atoms with Gasteiger partial charge in [0.2, 0.25) is 0 Å². The van der Waals surface area contributed by atoms with Crippen molar-refractivity contribution in [2.45, 2.75) is 13.5 Å². The predicted octanol–water partition coefficient (Wildman–Crippen LogP) is 4.46. The number of amides is 1. The summed E-state index contributed by atoms with van der Waals surface area (Å²) in [6, 6.07) is 5.26. The maximum atomic E-state index is 14.0. The first-order valence-electron chi connectivity index (χ1n) is 6.32. The molecule has 0 spiro atoms. The van der Waals surface area contributed by atoms with E-state index < -0.39 is 17.5 Å². The predicted molar refractivity (Wildman–Crippen MR) is 84.6 cm³/mol.